The van der Waals surface area contributed by atoms with Crippen molar-refractivity contribution in [3.8, 4) is 11.3 Å². The first-order valence-electron chi connectivity index (χ1n) is 5.43. The van der Waals surface area contributed by atoms with Gasteiger partial charge in [0.1, 0.15) is 5.82 Å². The van der Waals surface area contributed by atoms with E-state index in [9.17, 15) is 4.39 Å². The zero-order chi connectivity index (χ0) is 11.8. The number of nitrogens with zero attached hydrogens (tertiary/aromatic N) is 2. The molecule has 0 saturated carbocycles. The molecule has 5 heteroatoms. The number of fused-ring (bicyclic) bond motifs is 1. The van der Waals surface area contributed by atoms with E-state index in [1.807, 2.05) is 0 Å². The van der Waals surface area contributed by atoms with Crippen LogP contribution in [0.3, 0.4) is 0 Å². The Bertz CT molecular complexity index is 565. The molecule has 88 valence electrons. The minimum atomic E-state index is -0.405. The number of hydrogen-bond donors (Lipinski definition) is 1. The first-order chi connectivity index (χ1) is 8.25. The van der Waals surface area contributed by atoms with Gasteiger partial charge < -0.3 is 15.0 Å². The number of aromatic nitrogens is 2. The lowest BCUT2D eigenvalue weighted by atomic mass is 10.1. The van der Waals surface area contributed by atoms with Crippen LogP contribution in [0.25, 0.3) is 11.3 Å². The van der Waals surface area contributed by atoms with E-state index < -0.39 is 5.82 Å². The van der Waals surface area contributed by atoms with Crippen molar-refractivity contribution in [1.82, 2.24) is 9.55 Å². The predicted octanol–water partition coefficient (Wildman–Crippen LogP) is 1.80. The maximum Gasteiger partial charge on any atom is 0.146 e. The highest BCUT2D eigenvalue weighted by atomic mass is 19.1. The molecule has 2 aromatic rings. The summed E-state index contributed by atoms with van der Waals surface area (Å²) in [4.78, 5) is 4.34. The van der Waals surface area contributed by atoms with Gasteiger partial charge in [0, 0.05) is 12.1 Å². The molecule has 0 spiro atoms. The molecule has 0 atom stereocenters. The summed E-state index contributed by atoms with van der Waals surface area (Å²) in [6.07, 6.45) is 1.78. The predicted molar refractivity (Wildman–Crippen MR) is 61.7 cm³/mol. The van der Waals surface area contributed by atoms with Crippen LogP contribution in [-0.2, 0) is 17.9 Å². The number of imidazole rings is 1. The lowest BCUT2D eigenvalue weighted by molar-refractivity contribution is 0.0854. The quantitative estimate of drug-likeness (QED) is 0.764. The highest BCUT2D eigenvalue weighted by Gasteiger charge is 2.16. The van der Waals surface area contributed by atoms with E-state index in [0.29, 0.717) is 13.2 Å². The zero-order valence-electron chi connectivity index (χ0n) is 9.19. The molecule has 3 rings (SSSR count). The summed E-state index contributed by atoms with van der Waals surface area (Å²) in [7, 11) is 0. The van der Waals surface area contributed by atoms with Crippen molar-refractivity contribution < 1.29 is 9.13 Å². The molecule has 0 aliphatic carbocycles. The van der Waals surface area contributed by atoms with Crippen molar-refractivity contribution in [3.63, 3.8) is 0 Å². The Morgan fingerprint density at radius 1 is 1.41 bits per heavy atom. The molecule has 17 heavy (non-hydrogen) atoms. The van der Waals surface area contributed by atoms with Gasteiger partial charge in [0.15, 0.2) is 0 Å². The fourth-order valence-corrected chi connectivity index (χ4v) is 2.02. The number of hydrogen-bond acceptors (Lipinski definition) is 3. The van der Waals surface area contributed by atoms with Gasteiger partial charge in [0.25, 0.3) is 0 Å². The monoisotopic (exact) mass is 233 g/mol. The molecule has 0 unspecified atom stereocenters. The number of benzene rings is 1. The van der Waals surface area contributed by atoms with Crippen molar-refractivity contribution in [2.45, 2.75) is 13.2 Å². The van der Waals surface area contributed by atoms with Gasteiger partial charge >= 0.3 is 0 Å². The molecule has 2 N–H and O–H groups in total. The second-order valence-corrected chi connectivity index (χ2v) is 4.02. The average molecular weight is 233 g/mol. The molecule has 1 aliphatic rings. The summed E-state index contributed by atoms with van der Waals surface area (Å²) < 4.78 is 20.6. The van der Waals surface area contributed by atoms with Gasteiger partial charge in [0.2, 0.25) is 0 Å². The van der Waals surface area contributed by atoms with Crippen LogP contribution in [0.2, 0.25) is 0 Å². The maximum absolute atomic E-state index is 13.1. The molecule has 4 nitrogen and oxygen atoms in total. The summed E-state index contributed by atoms with van der Waals surface area (Å²) in [6, 6.07) is 4.65. The van der Waals surface area contributed by atoms with E-state index in [2.05, 4.69) is 9.55 Å². The Hall–Kier alpha value is -1.88. The molecule has 0 bridgehead atoms. The molecule has 1 aromatic heterocycles. The summed E-state index contributed by atoms with van der Waals surface area (Å²) >= 11 is 0. The van der Waals surface area contributed by atoms with Gasteiger partial charge in [-0.2, -0.15) is 0 Å². The van der Waals surface area contributed by atoms with E-state index in [0.717, 1.165) is 23.5 Å². The van der Waals surface area contributed by atoms with E-state index >= 15 is 0 Å². The second-order valence-electron chi connectivity index (χ2n) is 4.02. The van der Waals surface area contributed by atoms with Crippen LogP contribution in [-0.4, -0.2) is 16.2 Å². The molecule has 1 aliphatic heterocycles. The van der Waals surface area contributed by atoms with Crippen molar-refractivity contribution in [2.24, 2.45) is 0 Å². The highest BCUT2D eigenvalue weighted by Crippen LogP contribution is 2.27. The summed E-state index contributed by atoms with van der Waals surface area (Å²) in [6.45, 7) is 2.04. The minimum absolute atomic E-state index is 0.140. The number of rotatable bonds is 1. The third-order valence-electron chi connectivity index (χ3n) is 2.93. The van der Waals surface area contributed by atoms with E-state index in [4.69, 9.17) is 10.5 Å². The number of nitrogens with two attached hydrogens (primary N) is 1. The van der Waals surface area contributed by atoms with E-state index in [1.165, 1.54) is 6.07 Å². The summed E-state index contributed by atoms with van der Waals surface area (Å²) in [5.41, 5.74) is 8.36. The van der Waals surface area contributed by atoms with Gasteiger partial charge in [0.05, 0.1) is 36.6 Å². The molecule has 0 radical (unpaired) electrons. The van der Waals surface area contributed by atoms with Crippen LogP contribution in [0, 0.1) is 5.82 Å². The van der Waals surface area contributed by atoms with Crippen LogP contribution in [0.4, 0.5) is 10.1 Å². The number of halogens is 1. The summed E-state index contributed by atoms with van der Waals surface area (Å²) in [5, 5.41) is 0. The number of ether oxygens (including phenoxy) is 1. The smallest absolute Gasteiger partial charge is 0.146 e. The molecule has 1 aromatic carbocycles. The Morgan fingerprint density at radius 3 is 3.12 bits per heavy atom. The number of nitrogen functional groups attached to an aromatic ring is 1. The fourth-order valence-electron chi connectivity index (χ4n) is 2.02. The lowest BCUT2D eigenvalue weighted by Gasteiger charge is -2.16. The van der Waals surface area contributed by atoms with Crippen molar-refractivity contribution in [1.29, 1.82) is 0 Å². The Morgan fingerprint density at radius 2 is 2.29 bits per heavy atom. The lowest BCUT2D eigenvalue weighted by Crippen LogP contribution is -2.15. The zero-order valence-corrected chi connectivity index (χ0v) is 9.19. The van der Waals surface area contributed by atoms with Crippen LogP contribution < -0.4 is 5.73 Å². The highest BCUT2D eigenvalue weighted by molar-refractivity contribution is 5.66. The standard InChI is InChI=1S/C12H12FN3O/c13-9-2-1-8(5-10(9)14)12-11-6-17-4-3-16(11)7-15-12/h1-2,5,7H,3-4,6,14H2. The normalized spacial score (nSPS) is 14.6. The molecule has 2 heterocycles. The molecular formula is C12H12FN3O. The Kier molecular flexibility index (Phi) is 2.33. The van der Waals surface area contributed by atoms with Crippen molar-refractivity contribution >= 4 is 5.69 Å². The van der Waals surface area contributed by atoms with Crippen LogP contribution in [0.15, 0.2) is 24.5 Å². The van der Waals surface area contributed by atoms with Crippen LogP contribution >= 0.6 is 0 Å². The first-order valence-corrected chi connectivity index (χ1v) is 5.43. The van der Waals surface area contributed by atoms with Gasteiger partial charge in [-0.15, -0.1) is 0 Å². The number of anilines is 1. The van der Waals surface area contributed by atoms with Gasteiger partial charge in [-0.1, -0.05) is 0 Å². The third-order valence-corrected chi connectivity index (χ3v) is 2.93. The van der Waals surface area contributed by atoms with Crippen molar-refractivity contribution in [3.05, 3.63) is 36.0 Å². The molecular weight excluding hydrogens is 221 g/mol. The second kappa shape index (κ2) is 3.85. The van der Waals surface area contributed by atoms with E-state index in [-0.39, 0.29) is 5.69 Å². The van der Waals surface area contributed by atoms with Crippen molar-refractivity contribution in [2.75, 3.05) is 12.3 Å². The minimum Gasteiger partial charge on any atom is -0.396 e. The van der Waals surface area contributed by atoms with Crippen LogP contribution in [0.5, 0.6) is 0 Å². The maximum atomic E-state index is 13.1. The van der Waals surface area contributed by atoms with E-state index in [1.54, 1.807) is 18.5 Å². The molecule has 0 saturated heterocycles. The largest absolute Gasteiger partial charge is 0.396 e. The third kappa shape index (κ3) is 1.68. The van der Waals surface area contributed by atoms with Crippen LogP contribution in [0.1, 0.15) is 5.69 Å². The SMILES string of the molecule is Nc1cc(-c2ncn3c2COCC3)ccc1F. The van der Waals surface area contributed by atoms with Gasteiger partial charge in [-0.05, 0) is 18.2 Å². The summed E-state index contributed by atoms with van der Waals surface area (Å²) in [5.74, 6) is -0.405. The topological polar surface area (TPSA) is 53.1 Å². The average Bonchev–Trinajstić information content (AvgIpc) is 2.76. The Balaban J connectivity index is 2.09. The first kappa shape index (κ1) is 10.3. The molecule has 0 fully saturated rings. The van der Waals surface area contributed by atoms with Gasteiger partial charge in [-0.3, -0.25) is 0 Å². The Labute approximate surface area is 97.8 Å². The fraction of sp³-hybridized carbons (Fsp3) is 0.250. The molecule has 0 amide bonds. The van der Waals surface area contributed by atoms with Gasteiger partial charge in [-0.25, -0.2) is 9.37 Å².